The summed E-state index contributed by atoms with van der Waals surface area (Å²) in [6, 6.07) is 10.0. The van der Waals surface area contributed by atoms with E-state index in [0.29, 0.717) is 0 Å². The van der Waals surface area contributed by atoms with Gasteiger partial charge in [-0.2, -0.15) is 0 Å². The SMILES string of the molecule is O=S(=O)([O-])[O-].OCC[NH2+]c1ccccc1. The molecule has 15 heavy (non-hydrogen) atoms. The van der Waals surface area contributed by atoms with E-state index in [4.69, 9.17) is 22.6 Å². The lowest BCUT2D eigenvalue weighted by Crippen LogP contribution is -2.78. The summed E-state index contributed by atoms with van der Waals surface area (Å²) < 4.78 is 34.1. The van der Waals surface area contributed by atoms with Crippen LogP contribution in [0.2, 0.25) is 0 Å². The van der Waals surface area contributed by atoms with Crippen molar-refractivity contribution in [2.75, 3.05) is 13.2 Å². The van der Waals surface area contributed by atoms with Gasteiger partial charge in [-0.15, -0.1) is 0 Å². The lowest BCUT2D eigenvalue weighted by molar-refractivity contribution is -0.573. The lowest BCUT2D eigenvalue weighted by Gasteiger charge is -2.06. The molecule has 0 amide bonds. The van der Waals surface area contributed by atoms with Gasteiger partial charge in [0.1, 0.15) is 12.2 Å². The van der Waals surface area contributed by atoms with Crippen molar-refractivity contribution in [1.29, 1.82) is 0 Å². The van der Waals surface area contributed by atoms with Gasteiger partial charge in [0.25, 0.3) is 0 Å². The standard InChI is InChI=1S/C8H11NO.H2O4S/c10-7-6-9-8-4-2-1-3-5-8;1-5(2,3)4/h1-5,9-10H,6-7H2;(H2,1,2,3,4)/p-1. The fourth-order valence-electron chi connectivity index (χ4n) is 0.820. The number of rotatable bonds is 3. The molecule has 0 heterocycles. The molecule has 0 bridgehead atoms. The highest BCUT2D eigenvalue weighted by molar-refractivity contribution is 7.79. The summed E-state index contributed by atoms with van der Waals surface area (Å²) in [6.45, 7) is 0.971. The van der Waals surface area contributed by atoms with E-state index in [1.807, 2.05) is 35.6 Å². The minimum absolute atomic E-state index is 0.231. The Hall–Kier alpha value is -0.990. The molecule has 0 radical (unpaired) electrons. The van der Waals surface area contributed by atoms with E-state index in [9.17, 15) is 0 Å². The van der Waals surface area contributed by atoms with Crippen LogP contribution in [0.1, 0.15) is 0 Å². The first-order valence-corrected chi connectivity index (χ1v) is 5.42. The van der Waals surface area contributed by atoms with Gasteiger partial charge in [-0.3, -0.25) is 8.42 Å². The van der Waals surface area contributed by atoms with Gasteiger partial charge in [0.15, 0.2) is 0 Å². The van der Waals surface area contributed by atoms with Crippen LogP contribution in [0.4, 0.5) is 5.69 Å². The highest BCUT2D eigenvalue weighted by Crippen LogP contribution is 1.95. The van der Waals surface area contributed by atoms with Gasteiger partial charge < -0.3 is 19.5 Å². The number of hydrogen-bond acceptors (Lipinski definition) is 5. The maximum atomic E-state index is 8.52. The third kappa shape index (κ3) is 13.0. The number of hydrogen-bond donors (Lipinski definition) is 2. The Balaban J connectivity index is 0.000000336. The Kier molecular flexibility index (Phi) is 6.84. The molecule has 0 aliphatic heterocycles. The van der Waals surface area contributed by atoms with Gasteiger partial charge in [-0.05, 0) is 12.1 Å². The van der Waals surface area contributed by atoms with Crippen molar-refractivity contribution in [3.05, 3.63) is 30.3 Å². The Labute approximate surface area is 88.1 Å². The molecule has 1 aromatic rings. The first-order valence-electron chi connectivity index (χ1n) is 4.09. The molecule has 1 rings (SSSR count). The number of aliphatic hydroxyl groups excluding tert-OH is 1. The quantitative estimate of drug-likeness (QED) is 0.376. The number of aliphatic hydroxyl groups is 1. The van der Waals surface area contributed by atoms with Gasteiger partial charge in [-0.1, -0.05) is 18.2 Å². The van der Waals surface area contributed by atoms with Crippen LogP contribution in [-0.4, -0.2) is 35.8 Å². The maximum absolute atomic E-state index is 8.52. The minimum Gasteiger partial charge on any atom is -0.759 e. The van der Waals surface area contributed by atoms with Crippen molar-refractivity contribution >= 4 is 16.1 Å². The number of para-hydroxylation sites is 1. The van der Waals surface area contributed by atoms with E-state index in [-0.39, 0.29) is 6.61 Å². The summed E-state index contributed by atoms with van der Waals surface area (Å²) >= 11 is 0. The second-order valence-corrected chi connectivity index (χ2v) is 3.35. The zero-order valence-electron chi connectivity index (χ0n) is 7.87. The van der Waals surface area contributed by atoms with Gasteiger partial charge in [0, 0.05) is 10.4 Å². The molecule has 86 valence electrons. The third-order valence-corrected chi connectivity index (χ3v) is 1.31. The van der Waals surface area contributed by atoms with Crippen molar-refractivity contribution in [2.24, 2.45) is 0 Å². The summed E-state index contributed by atoms with van der Waals surface area (Å²) in [4.78, 5) is 0. The van der Waals surface area contributed by atoms with Crippen LogP contribution in [0, 0.1) is 0 Å². The predicted octanol–water partition coefficient (Wildman–Crippen LogP) is -1.46. The highest BCUT2D eigenvalue weighted by Gasteiger charge is 1.90. The Morgan fingerprint density at radius 1 is 1.20 bits per heavy atom. The predicted molar refractivity (Wildman–Crippen MR) is 50.5 cm³/mol. The molecule has 0 atom stereocenters. The maximum Gasteiger partial charge on any atom is 0.129 e. The molecule has 0 aromatic heterocycles. The fourth-order valence-corrected chi connectivity index (χ4v) is 0.820. The molecular formula is C8H12NO5S-. The Bertz CT molecular complexity index is 343. The summed E-state index contributed by atoms with van der Waals surface area (Å²) in [5, 5.41) is 10.5. The molecule has 0 spiro atoms. The van der Waals surface area contributed by atoms with Crippen molar-refractivity contribution < 1.29 is 27.9 Å². The fraction of sp³-hybridized carbons (Fsp3) is 0.250. The Morgan fingerprint density at radius 3 is 2.07 bits per heavy atom. The molecule has 0 unspecified atom stereocenters. The molecule has 0 fully saturated rings. The van der Waals surface area contributed by atoms with E-state index in [1.165, 1.54) is 5.69 Å². The van der Waals surface area contributed by atoms with Gasteiger partial charge in [0.05, 0.1) is 6.61 Å². The van der Waals surface area contributed by atoms with Crippen LogP contribution in [0.15, 0.2) is 30.3 Å². The third-order valence-electron chi connectivity index (χ3n) is 1.31. The Morgan fingerprint density at radius 2 is 1.67 bits per heavy atom. The summed E-state index contributed by atoms with van der Waals surface area (Å²) in [6.07, 6.45) is 0. The smallest absolute Gasteiger partial charge is 0.129 e. The van der Waals surface area contributed by atoms with E-state index >= 15 is 0 Å². The number of nitrogens with two attached hydrogens (primary N) is 1. The average Bonchev–Trinajstić information content (AvgIpc) is 2.14. The lowest BCUT2D eigenvalue weighted by atomic mass is 10.3. The molecule has 6 nitrogen and oxygen atoms in total. The largest absolute Gasteiger partial charge is 0.759 e. The number of benzene rings is 1. The van der Waals surface area contributed by atoms with E-state index in [1.54, 1.807) is 0 Å². The average molecular weight is 234 g/mol. The van der Waals surface area contributed by atoms with Crippen LogP contribution in [-0.2, 0) is 10.4 Å². The minimum atomic E-state index is -5.17. The van der Waals surface area contributed by atoms with Gasteiger partial charge in [0.2, 0.25) is 0 Å². The van der Waals surface area contributed by atoms with E-state index in [0.717, 1.165) is 6.54 Å². The highest BCUT2D eigenvalue weighted by atomic mass is 32.3. The summed E-state index contributed by atoms with van der Waals surface area (Å²) in [7, 11) is -5.17. The normalized spacial score (nSPS) is 10.3. The topological polar surface area (TPSA) is 117 Å². The molecule has 0 aliphatic rings. The van der Waals surface area contributed by atoms with Crippen LogP contribution in [0.25, 0.3) is 0 Å². The van der Waals surface area contributed by atoms with Crippen LogP contribution < -0.4 is 5.32 Å². The van der Waals surface area contributed by atoms with Gasteiger partial charge >= 0.3 is 0 Å². The monoisotopic (exact) mass is 234 g/mol. The van der Waals surface area contributed by atoms with Crippen molar-refractivity contribution in [3.63, 3.8) is 0 Å². The van der Waals surface area contributed by atoms with Crippen molar-refractivity contribution in [1.82, 2.24) is 0 Å². The van der Waals surface area contributed by atoms with Crippen molar-refractivity contribution in [2.45, 2.75) is 0 Å². The summed E-state index contributed by atoms with van der Waals surface area (Å²) in [5.41, 5.74) is 1.18. The van der Waals surface area contributed by atoms with Crippen LogP contribution in [0.5, 0.6) is 0 Å². The van der Waals surface area contributed by atoms with E-state index in [2.05, 4.69) is 0 Å². The molecule has 7 heteroatoms. The second-order valence-electron chi connectivity index (χ2n) is 2.54. The second kappa shape index (κ2) is 7.32. The molecule has 0 saturated heterocycles. The zero-order chi connectivity index (χ0) is 11.7. The molecule has 3 N–H and O–H groups in total. The molecular weight excluding hydrogens is 222 g/mol. The van der Waals surface area contributed by atoms with E-state index < -0.39 is 10.4 Å². The summed E-state index contributed by atoms with van der Waals surface area (Å²) in [5.74, 6) is 0. The zero-order valence-corrected chi connectivity index (χ0v) is 8.68. The first kappa shape index (κ1) is 14.0. The molecule has 0 saturated carbocycles. The van der Waals surface area contributed by atoms with Crippen molar-refractivity contribution in [3.8, 4) is 0 Å². The van der Waals surface area contributed by atoms with Crippen LogP contribution >= 0.6 is 0 Å². The van der Waals surface area contributed by atoms with Crippen LogP contribution in [0.3, 0.4) is 0 Å². The van der Waals surface area contributed by atoms with Gasteiger partial charge in [-0.25, -0.2) is 0 Å². The molecule has 1 aromatic carbocycles. The molecule has 0 aliphatic carbocycles. The number of quaternary nitrogens is 1. The first-order chi connectivity index (χ1) is 6.93.